The third kappa shape index (κ3) is 4.29. The molecule has 0 aliphatic heterocycles. The summed E-state index contributed by atoms with van der Waals surface area (Å²) in [5.74, 6) is 0.225. The van der Waals surface area contributed by atoms with Gasteiger partial charge in [0.2, 0.25) is 5.88 Å². The van der Waals surface area contributed by atoms with Crippen LogP contribution >= 0.6 is 15.9 Å². The maximum atomic E-state index is 13.2. The van der Waals surface area contributed by atoms with Crippen LogP contribution in [0.25, 0.3) is 0 Å². The van der Waals surface area contributed by atoms with Crippen molar-refractivity contribution in [1.82, 2.24) is 4.98 Å². The molecule has 23 heavy (non-hydrogen) atoms. The molecule has 1 heterocycles. The molecule has 1 aromatic heterocycles. The Morgan fingerprint density at radius 3 is 2.57 bits per heavy atom. The van der Waals surface area contributed by atoms with Crippen LogP contribution < -0.4 is 10.1 Å². The lowest BCUT2D eigenvalue weighted by atomic mass is 10.2. The zero-order chi connectivity index (χ0) is 16.1. The normalized spacial score (nSPS) is 10.3. The van der Waals surface area contributed by atoms with E-state index in [0.717, 1.165) is 15.7 Å². The molecule has 0 saturated carbocycles. The number of anilines is 2. The van der Waals surface area contributed by atoms with Gasteiger partial charge in [-0.2, -0.15) is 0 Å². The van der Waals surface area contributed by atoms with Crippen molar-refractivity contribution < 1.29 is 9.13 Å². The van der Waals surface area contributed by atoms with Crippen LogP contribution in [0.1, 0.15) is 5.56 Å². The van der Waals surface area contributed by atoms with E-state index in [9.17, 15) is 4.39 Å². The fourth-order valence-electron chi connectivity index (χ4n) is 2.06. The van der Waals surface area contributed by atoms with Crippen LogP contribution in [0.5, 0.6) is 5.88 Å². The Kier molecular flexibility index (Phi) is 4.88. The Bertz CT molecular complexity index is 796. The molecule has 2 aromatic carbocycles. The molecule has 3 aromatic rings. The summed E-state index contributed by atoms with van der Waals surface area (Å²) in [5, 5.41) is 3.10. The molecule has 0 bridgehead atoms. The molecule has 0 spiro atoms. The van der Waals surface area contributed by atoms with E-state index in [0.29, 0.717) is 18.2 Å². The minimum absolute atomic E-state index is 0.287. The number of nitrogens with one attached hydrogen (secondary N) is 1. The van der Waals surface area contributed by atoms with E-state index in [2.05, 4.69) is 26.2 Å². The van der Waals surface area contributed by atoms with Crippen molar-refractivity contribution in [2.75, 3.05) is 5.32 Å². The number of rotatable bonds is 5. The van der Waals surface area contributed by atoms with Crippen molar-refractivity contribution in [1.29, 1.82) is 0 Å². The predicted molar refractivity (Wildman–Crippen MR) is 92.4 cm³/mol. The van der Waals surface area contributed by atoms with Crippen molar-refractivity contribution in [2.24, 2.45) is 0 Å². The van der Waals surface area contributed by atoms with Crippen LogP contribution in [0, 0.1) is 5.82 Å². The van der Waals surface area contributed by atoms with Gasteiger partial charge in [-0.05, 0) is 45.8 Å². The second-order valence-corrected chi connectivity index (χ2v) is 5.77. The molecule has 0 amide bonds. The predicted octanol–water partition coefficient (Wildman–Crippen LogP) is 5.31. The molecular weight excluding hydrogens is 359 g/mol. The first kappa shape index (κ1) is 15.5. The van der Waals surface area contributed by atoms with Gasteiger partial charge < -0.3 is 10.1 Å². The van der Waals surface area contributed by atoms with Crippen molar-refractivity contribution in [3.05, 3.63) is 82.7 Å². The second kappa shape index (κ2) is 7.24. The maximum Gasteiger partial charge on any atom is 0.228 e. The molecule has 0 atom stereocenters. The molecule has 0 radical (unpaired) electrons. The maximum absolute atomic E-state index is 13.2. The van der Waals surface area contributed by atoms with E-state index in [-0.39, 0.29) is 5.82 Å². The number of nitrogens with zero attached hydrogens (tertiary/aromatic N) is 1. The summed E-state index contributed by atoms with van der Waals surface area (Å²) in [4.78, 5) is 4.29. The van der Waals surface area contributed by atoms with Crippen LogP contribution in [-0.2, 0) is 6.61 Å². The summed E-state index contributed by atoms with van der Waals surface area (Å²) in [7, 11) is 0. The quantitative estimate of drug-likeness (QED) is 0.659. The average molecular weight is 373 g/mol. The number of ether oxygens (including phenoxy) is 1. The third-order valence-corrected chi connectivity index (χ3v) is 3.71. The summed E-state index contributed by atoms with van der Waals surface area (Å²) >= 11 is 3.45. The van der Waals surface area contributed by atoms with E-state index in [1.165, 1.54) is 12.1 Å². The largest absolute Gasteiger partial charge is 0.472 e. The zero-order valence-corrected chi connectivity index (χ0v) is 13.8. The number of hydrogen-bond donors (Lipinski definition) is 1. The van der Waals surface area contributed by atoms with Crippen LogP contribution in [0.15, 0.2) is 71.3 Å². The van der Waals surface area contributed by atoms with Gasteiger partial charge in [0, 0.05) is 5.69 Å². The summed E-state index contributed by atoms with van der Waals surface area (Å²) in [6.45, 7) is 0.448. The van der Waals surface area contributed by atoms with Crippen LogP contribution in [0.2, 0.25) is 0 Å². The Balaban J connectivity index is 1.68. The minimum Gasteiger partial charge on any atom is -0.472 e. The van der Waals surface area contributed by atoms with Gasteiger partial charge in [-0.25, -0.2) is 9.37 Å². The second-order valence-electron chi connectivity index (χ2n) is 4.92. The van der Waals surface area contributed by atoms with E-state index in [4.69, 9.17) is 4.74 Å². The van der Waals surface area contributed by atoms with Crippen LogP contribution in [-0.4, -0.2) is 4.98 Å². The number of aromatic nitrogens is 1. The van der Waals surface area contributed by atoms with Crippen LogP contribution in [0.3, 0.4) is 0 Å². The van der Waals surface area contributed by atoms with Gasteiger partial charge in [-0.1, -0.05) is 36.4 Å². The highest BCUT2D eigenvalue weighted by atomic mass is 79.9. The fraction of sp³-hybridized carbons (Fsp3) is 0.0556. The molecule has 0 unspecified atom stereocenters. The van der Waals surface area contributed by atoms with E-state index in [1.807, 2.05) is 36.4 Å². The Morgan fingerprint density at radius 1 is 1.00 bits per heavy atom. The molecule has 0 aliphatic rings. The van der Waals surface area contributed by atoms with E-state index < -0.39 is 0 Å². The third-order valence-electron chi connectivity index (χ3n) is 3.14. The highest BCUT2D eigenvalue weighted by molar-refractivity contribution is 9.10. The monoisotopic (exact) mass is 372 g/mol. The van der Waals surface area contributed by atoms with E-state index in [1.54, 1.807) is 18.3 Å². The summed E-state index contributed by atoms with van der Waals surface area (Å²) < 4.78 is 19.6. The van der Waals surface area contributed by atoms with Gasteiger partial charge in [0.1, 0.15) is 12.4 Å². The first-order valence-corrected chi connectivity index (χ1v) is 7.85. The first-order valence-electron chi connectivity index (χ1n) is 7.05. The molecule has 0 saturated heterocycles. The first-order chi connectivity index (χ1) is 11.2. The molecule has 3 nitrogen and oxygen atoms in total. The number of benzene rings is 2. The SMILES string of the molecule is Fc1cccc(Nc2cnc(OCc3ccccc3)c(Br)c2)c1. The molecular formula is C18H14BrFN2O. The zero-order valence-electron chi connectivity index (χ0n) is 12.2. The smallest absolute Gasteiger partial charge is 0.228 e. The molecule has 0 aliphatic carbocycles. The number of halogens is 2. The lowest BCUT2D eigenvalue weighted by Gasteiger charge is -2.10. The molecule has 0 fully saturated rings. The van der Waals surface area contributed by atoms with Crippen molar-refractivity contribution >= 4 is 27.3 Å². The van der Waals surface area contributed by atoms with Gasteiger partial charge in [-0.15, -0.1) is 0 Å². The molecule has 5 heteroatoms. The van der Waals surface area contributed by atoms with Crippen molar-refractivity contribution in [3.63, 3.8) is 0 Å². The standard InChI is InChI=1S/C18H14BrFN2O/c19-17-10-16(22-15-8-4-7-14(20)9-15)11-21-18(17)23-12-13-5-2-1-3-6-13/h1-11,22H,12H2. The van der Waals surface area contributed by atoms with Gasteiger partial charge >= 0.3 is 0 Å². The lowest BCUT2D eigenvalue weighted by Crippen LogP contribution is -1.99. The van der Waals surface area contributed by atoms with Crippen molar-refractivity contribution in [3.8, 4) is 5.88 Å². The van der Waals surface area contributed by atoms with Gasteiger partial charge in [0.25, 0.3) is 0 Å². The van der Waals surface area contributed by atoms with E-state index >= 15 is 0 Å². The average Bonchev–Trinajstić information content (AvgIpc) is 2.55. The van der Waals surface area contributed by atoms with Gasteiger partial charge in [0.15, 0.2) is 0 Å². The minimum atomic E-state index is -0.287. The molecule has 1 N–H and O–H groups in total. The summed E-state index contributed by atoms with van der Waals surface area (Å²) in [6.07, 6.45) is 1.65. The summed E-state index contributed by atoms with van der Waals surface area (Å²) in [5.41, 5.74) is 2.48. The Morgan fingerprint density at radius 2 is 1.83 bits per heavy atom. The number of pyridine rings is 1. The highest BCUT2D eigenvalue weighted by Gasteiger charge is 2.06. The topological polar surface area (TPSA) is 34.2 Å². The van der Waals surface area contributed by atoms with Gasteiger partial charge in [0.05, 0.1) is 16.4 Å². The van der Waals surface area contributed by atoms with Crippen LogP contribution in [0.4, 0.5) is 15.8 Å². The Hall–Kier alpha value is -2.40. The lowest BCUT2D eigenvalue weighted by molar-refractivity contribution is 0.292. The van der Waals surface area contributed by atoms with Gasteiger partial charge in [-0.3, -0.25) is 0 Å². The molecule has 3 rings (SSSR count). The highest BCUT2D eigenvalue weighted by Crippen LogP contribution is 2.27. The van der Waals surface area contributed by atoms with Crippen molar-refractivity contribution in [2.45, 2.75) is 6.61 Å². The summed E-state index contributed by atoms with van der Waals surface area (Å²) in [6, 6.07) is 18.0. The fourth-order valence-corrected chi connectivity index (χ4v) is 2.52. The number of hydrogen-bond acceptors (Lipinski definition) is 3. The molecule has 116 valence electrons. The Labute approximate surface area is 142 Å².